The number of nitrogens with zero attached hydrogens (tertiary/aromatic N) is 1. The highest BCUT2D eigenvalue weighted by atomic mass is 32.2. The zero-order valence-electron chi connectivity index (χ0n) is 17.6. The van der Waals surface area contributed by atoms with Crippen LogP contribution >= 0.6 is 11.8 Å². The minimum atomic E-state index is -0.183. The molecule has 2 aromatic rings. The second kappa shape index (κ2) is 7.34. The molecule has 1 aliphatic heterocycles. The number of thioether (sulfide) groups is 1. The molecule has 6 heteroatoms. The van der Waals surface area contributed by atoms with E-state index in [4.69, 9.17) is 4.74 Å². The molecule has 5 aliphatic rings. The fraction of sp³-hybridized carbons (Fsp3) is 0.346. The first-order valence-electron chi connectivity index (χ1n) is 11.0. The second-order valence-corrected chi connectivity index (χ2v) is 10.1. The Labute approximate surface area is 190 Å². The van der Waals surface area contributed by atoms with Crippen LogP contribution in [0.15, 0.2) is 65.6 Å². The van der Waals surface area contributed by atoms with E-state index in [1.165, 1.54) is 16.7 Å². The van der Waals surface area contributed by atoms with Crippen molar-refractivity contribution in [2.75, 3.05) is 17.8 Å². The Morgan fingerprint density at radius 1 is 0.938 bits per heavy atom. The SMILES string of the molecule is COc1ccc(C(=O)CSc2ccc(N3C(=O)[C@@H]4[C@H](C3=O)[C@@H]3C=C[C@H]4C4CC43)cc2)cc1. The number of rotatable bonds is 6. The first-order valence-corrected chi connectivity index (χ1v) is 12.0. The van der Waals surface area contributed by atoms with Crippen LogP contribution in [0.3, 0.4) is 0 Å². The van der Waals surface area contributed by atoms with Crippen LogP contribution in [0.4, 0.5) is 5.69 Å². The van der Waals surface area contributed by atoms with Crippen molar-refractivity contribution in [2.24, 2.45) is 35.5 Å². The number of imide groups is 1. The molecular formula is C26H23NO4S. The highest BCUT2D eigenvalue weighted by Gasteiger charge is 2.67. The Hall–Kier alpha value is -2.86. The van der Waals surface area contributed by atoms with Gasteiger partial charge in [-0.1, -0.05) is 12.2 Å². The molecule has 0 N–H and O–H groups in total. The fourth-order valence-corrected chi connectivity index (χ4v) is 6.70. The minimum absolute atomic E-state index is 0.0391. The molecule has 2 amide bonds. The third-order valence-corrected chi connectivity index (χ3v) is 8.55. The van der Waals surface area contributed by atoms with Crippen LogP contribution < -0.4 is 9.64 Å². The maximum atomic E-state index is 13.2. The molecule has 2 unspecified atom stereocenters. The normalized spacial score (nSPS) is 31.5. The zero-order valence-corrected chi connectivity index (χ0v) is 18.5. The van der Waals surface area contributed by atoms with Crippen molar-refractivity contribution >= 4 is 35.0 Å². The van der Waals surface area contributed by atoms with Gasteiger partial charge in [-0.15, -0.1) is 11.8 Å². The van der Waals surface area contributed by atoms with Crippen LogP contribution in [-0.2, 0) is 9.59 Å². The number of hydrogen-bond donors (Lipinski definition) is 0. The average molecular weight is 446 g/mol. The molecule has 2 saturated carbocycles. The van der Waals surface area contributed by atoms with Crippen LogP contribution in [0.5, 0.6) is 5.75 Å². The van der Waals surface area contributed by atoms with E-state index in [9.17, 15) is 14.4 Å². The summed E-state index contributed by atoms with van der Waals surface area (Å²) in [5.74, 6) is 2.29. The van der Waals surface area contributed by atoms with Crippen LogP contribution in [0, 0.1) is 35.5 Å². The zero-order chi connectivity index (χ0) is 22.0. The molecule has 0 aromatic heterocycles. The third kappa shape index (κ3) is 2.96. The summed E-state index contributed by atoms with van der Waals surface area (Å²) in [6, 6.07) is 14.5. The molecule has 3 fully saturated rings. The number of ketones is 1. The fourth-order valence-electron chi connectivity index (χ4n) is 5.91. The number of carbonyl (C=O) groups excluding carboxylic acids is 3. The lowest BCUT2D eigenvalue weighted by molar-refractivity contribution is -0.124. The van der Waals surface area contributed by atoms with E-state index in [2.05, 4.69) is 12.2 Å². The Morgan fingerprint density at radius 2 is 1.53 bits per heavy atom. The summed E-state index contributed by atoms with van der Waals surface area (Å²) >= 11 is 1.44. The van der Waals surface area contributed by atoms with E-state index in [0.717, 1.165) is 17.1 Å². The van der Waals surface area contributed by atoms with Crippen molar-refractivity contribution in [2.45, 2.75) is 11.3 Å². The number of amides is 2. The van der Waals surface area contributed by atoms with Gasteiger partial charge in [-0.3, -0.25) is 19.3 Å². The van der Waals surface area contributed by atoms with Crippen LogP contribution in [0.2, 0.25) is 0 Å². The van der Waals surface area contributed by atoms with Gasteiger partial charge in [-0.05, 0) is 78.6 Å². The molecule has 2 aromatic carbocycles. The number of anilines is 1. The maximum Gasteiger partial charge on any atom is 0.238 e. The van der Waals surface area contributed by atoms with Gasteiger partial charge in [0, 0.05) is 10.5 Å². The largest absolute Gasteiger partial charge is 0.497 e. The molecule has 7 rings (SSSR count). The molecule has 162 valence electrons. The standard InChI is InChI=1S/C26H23NO4S/c1-31-16-6-2-14(3-7-16)22(28)13-32-17-8-4-15(5-9-17)27-25(29)23-18-10-11-19(21-12-20(18)21)24(23)26(27)30/h2-11,18-21,23-24H,12-13H2,1H3/t18-,19+,20?,21?,23-,24+. The second-order valence-electron chi connectivity index (χ2n) is 9.10. The molecule has 5 nitrogen and oxygen atoms in total. The summed E-state index contributed by atoms with van der Waals surface area (Å²) in [4.78, 5) is 41.2. The lowest BCUT2D eigenvalue weighted by Gasteiger charge is -2.37. The maximum absolute atomic E-state index is 13.2. The number of benzene rings is 2. The molecule has 6 atom stereocenters. The highest BCUT2D eigenvalue weighted by Crippen LogP contribution is 2.65. The summed E-state index contributed by atoms with van der Waals surface area (Å²) in [6.07, 6.45) is 5.54. The quantitative estimate of drug-likeness (QED) is 0.288. The van der Waals surface area contributed by atoms with Gasteiger partial charge in [-0.25, -0.2) is 0 Å². The van der Waals surface area contributed by atoms with Gasteiger partial charge in [0.1, 0.15) is 5.75 Å². The Bertz CT molecular complexity index is 1100. The van der Waals surface area contributed by atoms with Gasteiger partial charge < -0.3 is 4.74 Å². The molecule has 2 bridgehead atoms. The van der Waals surface area contributed by atoms with Gasteiger partial charge in [0.05, 0.1) is 30.4 Å². The van der Waals surface area contributed by atoms with E-state index in [-0.39, 0.29) is 41.3 Å². The summed E-state index contributed by atoms with van der Waals surface area (Å²) in [5.41, 5.74) is 1.28. The minimum Gasteiger partial charge on any atom is -0.497 e. The molecular weight excluding hydrogens is 422 g/mol. The van der Waals surface area contributed by atoms with Gasteiger partial charge in [-0.2, -0.15) is 0 Å². The van der Waals surface area contributed by atoms with Crippen LogP contribution in [0.1, 0.15) is 16.8 Å². The van der Waals surface area contributed by atoms with Crippen molar-refractivity contribution in [3.63, 3.8) is 0 Å². The summed E-state index contributed by atoms with van der Waals surface area (Å²) in [6.45, 7) is 0. The molecule has 0 spiro atoms. The lowest BCUT2D eigenvalue weighted by atomic mass is 9.63. The van der Waals surface area contributed by atoms with E-state index >= 15 is 0 Å². The van der Waals surface area contributed by atoms with Gasteiger partial charge in [0.25, 0.3) is 0 Å². The first kappa shape index (κ1) is 19.8. The Kier molecular flexibility index (Phi) is 4.54. The number of allylic oxidation sites excluding steroid dienone is 2. The monoisotopic (exact) mass is 445 g/mol. The van der Waals surface area contributed by atoms with Gasteiger partial charge >= 0.3 is 0 Å². The van der Waals surface area contributed by atoms with E-state index in [0.29, 0.717) is 28.8 Å². The van der Waals surface area contributed by atoms with E-state index < -0.39 is 0 Å². The third-order valence-electron chi connectivity index (χ3n) is 7.54. The number of hydrogen-bond acceptors (Lipinski definition) is 5. The number of Topliss-reactive ketones (excluding diaryl/α,β-unsaturated/α-hetero) is 1. The van der Waals surface area contributed by atoms with Crippen molar-refractivity contribution < 1.29 is 19.1 Å². The first-order chi connectivity index (χ1) is 15.6. The topological polar surface area (TPSA) is 63.7 Å². The predicted octanol–water partition coefficient (Wildman–Crippen LogP) is 4.23. The van der Waals surface area contributed by atoms with Crippen molar-refractivity contribution in [3.8, 4) is 5.75 Å². The molecule has 1 saturated heterocycles. The predicted molar refractivity (Wildman–Crippen MR) is 122 cm³/mol. The molecule has 32 heavy (non-hydrogen) atoms. The van der Waals surface area contributed by atoms with Crippen molar-refractivity contribution in [3.05, 3.63) is 66.2 Å². The highest BCUT2D eigenvalue weighted by molar-refractivity contribution is 8.00. The molecule has 0 radical (unpaired) electrons. The number of ether oxygens (including phenoxy) is 1. The molecule has 1 heterocycles. The van der Waals surface area contributed by atoms with Crippen LogP contribution in [-0.4, -0.2) is 30.5 Å². The molecule has 4 aliphatic carbocycles. The van der Waals surface area contributed by atoms with E-state index in [1.807, 2.05) is 24.3 Å². The average Bonchev–Trinajstić information content (AvgIpc) is 3.61. The van der Waals surface area contributed by atoms with Gasteiger partial charge in [0.2, 0.25) is 11.8 Å². The summed E-state index contributed by atoms with van der Waals surface area (Å²) in [7, 11) is 1.59. The van der Waals surface area contributed by atoms with Crippen molar-refractivity contribution in [1.29, 1.82) is 0 Å². The smallest absolute Gasteiger partial charge is 0.238 e. The van der Waals surface area contributed by atoms with Gasteiger partial charge in [0.15, 0.2) is 5.78 Å². The van der Waals surface area contributed by atoms with Crippen LogP contribution in [0.25, 0.3) is 0 Å². The van der Waals surface area contributed by atoms with E-state index in [1.54, 1.807) is 31.4 Å². The van der Waals surface area contributed by atoms with Crippen molar-refractivity contribution in [1.82, 2.24) is 0 Å². The number of carbonyl (C=O) groups is 3. The number of methoxy groups -OCH3 is 1. The Balaban J connectivity index is 1.14. The summed E-state index contributed by atoms with van der Waals surface area (Å²) < 4.78 is 5.13. The lowest BCUT2D eigenvalue weighted by Crippen LogP contribution is -2.40. The summed E-state index contributed by atoms with van der Waals surface area (Å²) in [5, 5.41) is 0. The Morgan fingerprint density at radius 3 is 2.09 bits per heavy atom.